The Bertz CT molecular complexity index is 539. The van der Waals surface area contributed by atoms with E-state index in [1.54, 1.807) is 31.4 Å². The molecule has 0 spiro atoms. The maximum absolute atomic E-state index is 11.6. The molecule has 1 atom stereocenters. The third-order valence-electron chi connectivity index (χ3n) is 2.84. The standard InChI is InChI=1S/C15H19NO5/c1-10(15(18)19)9-16-14(17)7-5-11-4-6-12(20-2)13(8-11)21-3/h4-8,10H,9H2,1-3H3,(H,16,17)(H,18,19)/b7-5+. The maximum Gasteiger partial charge on any atom is 0.308 e. The second-order valence-electron chi connectivity index (χ2n) is 4.43. The average molecular weight is 293 g/mol. The SMILES string of the molecule is COc1ccc(/C=C/C(=O)NCC(C)C(=O)O)cc1OC. The summed E-state index contributed by atoms with van der Waals surface area (Å²) in [4.78, 5) is 22.2. The van der Waals surface area contributed by atoms with Crippen LogP contribution in [0, 0.1) is 5.92 Å². The van der Waals surface area contributed by atoms with Crippen LogP contribution in [-0.4, -0.2) is 37.7 Å². The number of carbonyl (C=O) groups is 2. The van der Waals surface area contributed by atoms with Crippen molar-refractivity contribution >= 4 is 18.0 Å². The van der Waals surface area contributed by atoms with Crippen molar-refractivity contribution in [3.63, 3.8) is 0 Å². The van der Waals surface area contributed by atoms with Gasteiger partial charge in [0, 0.05) is 12.6 Å². The Morgan fingerprint density at radius 2 is 1.95 bits per heavy atom. The minimum Gasteiger partial charge on any atom is -0.493 e. The molecule has 0 aromatic heterocycles. The third kappa shape index (κ3) is 5.18. The van der Waals surface area contributed by atoms with E-state index in [0.717, 1.165) is 5.56 Å². The molecule has 0 aliphatic heterocycles. The molecule has 1 unspecified atom stereocenters. The Morgan fingerprint density at radius 3 is 2.52 bits per heavy atom. The summed E-state index contributed by atoms with van der Waals surface area (Å²) in [5, 5.41) is 11.2. The van der Waals surface area contributed by atoms with Crippen LogP contribution in [-0.2, 0) is 9.59 Å². The van der Waals surface area contributed by atoms with Gasteiger partial charge in [0.05, 0.1) is 20.1 Å². The van der Waals surface area contributed by atoms with E-state index in [4.69, 9.17) is 14.6 Å². The highest BCUT2D eigenvalue weighted by Crippen LogP contribution is 2.27. The Hall–Kier alpha value is -2.50. The zero-order chi connectivity index (χ0) is 15.8. The van der Waals surface area contributed by atoms with E-state index >= 15 is 0 Å². The fourth-order valence-electron chi connectivity index (χ4n) is 1.53. The molecule has 1 aromatic rings. The van der Waals surface area contributed by atoms with Gasteiger partial charge in [0.25, 0.3) is 0 Å². The normalized spacial score (nSPS) is 12.0. The number of carboxylic acids is 1. The molecule has 0 aliphatic rings. The number of hydrogen-bond donors (Lipinski definition) is 2. The molecule has 114 valence electrons. The smallest absolute Gasteiger partial charge is 0.308 e. The maximum atomic E-state index is 11.6. The first-order chi connectivity index (χ1) is 9.97. The van der Waals surface area contributed by atoms with Gasteiger partial charge in [-0.3, -0.25) is 9.59 Å². The highest BCUT2D eigenvalue weighted by atomic mass is 16.5. The lowest BCUT2D eigenvalue weighted by Crippen LogP contribution is -2.30. The highest BCUT2D eigenvalue weighted by molar-refractivity contribution is 5.92. The van der Waals surface area contributed by atoms with E-state index in [1.807, 2.05) is 0 Å². The van der Waals surface area contributed by atoms with Crippen LogP contribution in [0.5, 0.6) is 11.5 Å². The van der Waals surface area contributed by atoms with Crippen molar-refractivity contribution in [3.05, 3.63) is 29.8 Å². The first kappa shape index (κ1) is 16.6. The Kier molecular flexibility index (Phi) is 6.26. The van der Waals surface area contributed by atoms with Crippen molar-refractivity contribution < 1.29 is 24.2 Å². The van der Waals surface area contributed by atoms with Gasteiger partial charge in [-0.2, -0.15) is 0 Å². The molecule has 0 saturated carbocycles. The van der Waals surface area contributed by atoms with Gasteiger partial charge in [0.1, 0.15) is 0 Å². The first-order valence-corrected chi connectivity index (χ1v) is 6.38. The summed E-state index contributed by atoms with van der Waals surface area (Å²) in [5.41, 5.74) is 0.772. The van der Waals surface area contributed by atoms with Gasteiger partial charge in [-0.25, -0.2) is 0 Å². The van der Waals surface area contributed by atoms with Crippen LogP contribution in [0.15, 0.2) is 24.3 Å². The van der Waals surface area contributed by atoms with Crippen molar-refractivity contribution in [2.45, 2.75) is 6.92 Å². The van der Waals surface area contributed by atoms with Crippen molar-refractivity contribution in [1.82, 2.24) is 5.32 Å². The number of benzene rings is 1. The van der Waals surface area contributed by atoms with E-state index in [2.05, 4.69) is 5.32 Å². The predicted molar refractivity (Wildman–Crippen MR) is 78.4 cm³/mol. The average Bonchev–Trinajstić information content (AvgIpc) is 2.49. The summed E-state index contributed by atoms with van der Waals surface area (Å²) in [6, 6.07) is 5.26. The fraction of sp³-hybridized carbons (Fsp3) is 0.333. The third-order valence-corrected chi connectivity index (χ3v) is 2.84. The zero-order valence-electron chi connectivity index (χ0n) is 12.3. The lowest BCUT2D eigenvalue weighted by Gasteiger charge is -2.08. The molecule has 1 rings (SSSR count). The largest absolute Gasteiger partial charge is 0.493 e. The van der Waals surface area contributed by atoms with E-state index in [9.17, 15) is 9.59 Å². The Morgan fingerprint density at radius 1 is 1.29 bits per heavy atom. The summed E-state index contributed by atoms with van der Waals surface area (Å²) < 4.78 is 10.3. The summed E-state index contributed by atoms with van der Waals surface area (Å²) in [6.07, 6.45) is 2.96. The van der Waals surface area contributed by atoms with Gasteiger partial charge in [0.15, 0.2) is 11.5 Å². The number of carboxylic acid groups (broad SMARTS) is 1. The Labute approximate surface area is 123 Å². The number of nitrogens with one attached hydrogen (secondary N) is 1. The van der Waals surface area contributed by atoms with Gasteiger partial charge < -0.3 is 19.9 Å². The fourth-order valence-corrected chi connectivity index (χ4v) is 1.53. The van der Waals surface area contributed by atoms with E-state index in [0.29, 0.717) is 11.5 Å². The summed E-state index contributed by atoms with van der Waals surface area (Å²) in [7, 11) is 3.08. The minimum atomic E-state index is -0.945. The molecule has 0 aliphatic carbocycles. The number of rotatable bonds is 7. The quantitative estimate of drug-likeness (QED) is 0.745. The number of ether oxygens (including phenoxy) is 2. The van der Waals surface area contributed by atoms with Gasteiger partial charge >= 0.3 is 5.97 Å². The number of hydrogen-bond acceptors (Lipinski definition) is 4. The van der Waals surface area contributed by atoms with Crippen LogP contribution in [0.3, 0.4) is 0 Å². The van der Waals surface area contributed by atoms with Crippen LogP contribution in [0.1, 0.15) is 12.5 Å². The molecule has 0 fully saturated rings. The summed E-state index contributed by atoms with van der Waals surface area (Å²) in [6.45, 7) is 1.62. The van der Waals surface area contributed by atoms with E-state index in [1.165, 1.54) is 20.1 Å². The van der Waals surface area contributed by atoms with Crippen molar-refractivity contribution in [2.75, 3.05) is 20.8 Å². The number of methoxy groups -OCH3 is 2. The summed E-state index contributed by atoms with van der Waals surface area (Å²) >= 11 is 0. The molecule has 0 bridgehead atoms. The van der Waals surface area contributed by atoms with Gasteiger partial charge in [-0.05, 0) is 23.8 Å². The molecule has 1 amide bonds. The first-order valence-electron chi connectivity index (χ1n) is 6.38. The number of carbonyl (C=O) groups excluding carboxylic acids is 1. The van der Waals surface area contributed by atoms with Crippen molar-refractivity contribution in [2.24, 2.45) is 5.92 Å². The topological polar surface area (TPSA) is 84.9 Å². The van der Waals surface area contributed by atoms with E-state index < -0.39 is 11.9 Å². The molecule has 6 nitrogen and oxygen atoms in total. The molecule has 21 heavy (non-hydrogen) atoms. The second kappa shape index (κ2) is 7.94. The van der Waals surface area contributed by atoms with Gasteiger partial charge in [-0.15, -0.1) is 0 Å². The van der Waals surface area contributed by atoms with Crippen molar-refractivity contribution in [1.29, 1.82) is 0 Å². The number of aliphatic carboxylic acids is 1. The highest BCUT2D eigenvalue weighted by Gasteiger charge is 2.10. The molecule has 6 heteroatoms. The molecule has 2 N–H and O–H groups in total. The molecular weight excluding hydrogens is 274 g/mol. The molecule has 0 saturated heterocycles. The monoisotopic (exact) mass is 293 g/mol. The lowest BCUT2D eigenvalue weighted by molar-refractivity contribution is -0.141. The van der Waals surface area contributed by atoms with Crippen LogP contribution >= 0.6 is 0 Å². The predicted octanol–water partition coefficient (Wildman–Crippen LogP) is 1.55. The van der Waals surface area contributed by atoms with Gasteiger partial charge in [-0.1, -0.05) is 13.0 Å². The van der Waals surface area contributed by atoms with Crippen LogP contribution in [0.4, 0.5) is 0 Å². The second-order valence-corrected chi connectivity index (χ2v) is 4.43. The van der Waals surface area contributed by atoms with Crippen LogP contribution < -0.4 is 14.8 Å². The van der Waals surface area contributed by atoms with Crippen LogP contribution in [0.25, 0.3) is 6.08 Å². The Balaban J connectivity index is 2.64. The van der Waals surface area contributed by atoms with Crippen LogP contribution in [0.2, 0.25) is 0 Å². The summed E-state index contributed by atoms with van der Waals surface area (Å²) in [5.74, 6) is -0.741. The molecule has 1 aromatic carbocycles. The molecule has 0 heterocycles. The molecule has 0 radical (unpaired) electrons. The van der Waals surface area contributed by atoms with Gasteiger partial charge in [0.2, 0.25) is 5.91 Å². The number of amides is 1. The lowest BCUT2D eigenvalue weighted by atomic mass is 10.1. The van der Waals surface area contributed by atoms with E-state index in [-0.39, 0.29) is 12.5 Å². The minimum absolute atomic E-state index is 0.0877. The zero-order valence-corrected chi connectivity index (χ0v) is 12.3. The van der Waals surface area contributed by atoms with Crippen molar-refractivity contribution in [3.8, 4) is 11.5 Å². The molecular formula is C15H19NO5.